The quantitative estimate of drug-likeness (QED) is 0.155. The first-order valence-electron chi connectivity index (χ1n) is 15.9. The number of aromatic amines is 1. The lowest BCUT2D eigenvalue weighted by atomic mass is 9.84. The summed E-state index contributed by atoms with van der Waals surface area (Å²) in [6.45, 7) is 3.60. The van der Waals surface area contributed by atoms with Crippen molar-refractivity contribution in [3.63, 3.8) is 0 Å². The number of hydrogen-bond acceptors (Lipinski definition) is 6. The van der Waals surface area contributed by atoms with E-state index in [4.69, 9.17) is 0 Å². The van der Waals surface area contributed by atoms with Gasteiger partial charge in [0.1, 0.15) is 46.8 Å². The number of pyridine rings is 2. The molecule has 0 spiro atoms. The van der Waals surface area contributed by atoms with Gasteiger partial charge in [-0.2, -0.15) is 19.0 Å². The van der Waals surface area contributed by atoms with Crippen LogP contribution in [0, 0.1) is 48.2 Å². The van der Waals surface area contributed by atoms with Crippen molar-refractivity contribution in [2.75, 3.05) is 0 Å². The number of carbonyl (C=O) groups is 1. The molecule has 0 unspecified atom stereocenters. The Morgan fingerprint density at radius 1 is 1.10 bits per heavy atom. The number of alkyl halides is 4. The SMILES string of the molecule is Cc1c(-c2ccc(C#CC(C)(C)O)nc2[C@H](Cc2cc(F)cc(F)c2)NC(=O)Cn2nc(C(F)F)c3c2C(F)(F)[C@@H]2C#C[C@H]32)ccc2n[nH]c(=O)n12. The molecule has 0 saturated carbocycles. The molecule has 0 saturated heterocycles. The van der Waals surface area contributed by atoms with Gasteiger partial charge in [0.15, 0.2) is 5.65 Å². The molecule has 3 atom stereocenters. The number of aliphatic hydroxyl groups is 1. The van der Waals surface area contributed by atoms with Crippen LogP contribution in [0.15, 0.2) is 47.3 Å². The van der Waals surface area contributed by atoms with Gasteiger partial charge in [-0.05, 0) is 75.1 Å². The van der Waals surface area contributed by atoms with Crippen molar-refractivity contribution < 1.29 is 36.2 Å². The molecule has 5 aromatic rings. The van der Waals surface area contributed by atoms with Gasteiger partial charge < -0.3 is 10.4 Å². The molecule has 0 fully saturated rings. The predicted octanol–water partition coefficient (Wildman–Crippen LogP) is 4.85. The van der Waals surface area contributed by atoms with Crippen molar-refractivity contribution in [3.8, 4) is 34.8 Å². The van der Waals surface area contributed by atoms with Crippen molar-refractivity contribution >= 4 is 11.6 Å². The lowest BCUT2D eigenvalue weighted by Gasteiger charge is -2.24. The van der Waals surface area contributed by atoms with E-state index in [0.29, 0.717) is 33.2 Å². The largest absolute Gasteiger partial charge is 0.378 e. The standard InChI is InChI=1S/C36H27F6N7O3/c1-17-22(7-9-27-45-46-34(51)49(17)27)23-5-4-21(10-11-35(2,3)52)43-30(23)26(14-18-12-19(37)15-20(38)13-18)44-28(50)16-48-32-29(31(47-48)33(39)40)24-6-8-25(24)36(32,41)42/h4-5,7,9,12-13,15,24-26,33,52H,14,16H2,1-3H3,(H,44,50)(H,46,51)/t24-,25+,26-/m0/s1. The van der Waals surface area contributed by atoms with Crippen LogP contribution in [0.2, 0.25) is 0 Å². The Labute approximate surface area is 290 Å². The number of rotatable bonds is 8. The van der Waals surface area contributed by atoms with E-state index < -0.39 is 82.6 Å². The summed E-state index contributed by atoms with van der Waals surface area (Å²) in [6, 6.07) is 7.78. The molecule has 2 aliphatic carbocycles. The minimum atomic E-state index is -3.66. The molecule has 0 radical (unpaired) electrons. The molecule has 266 valence electrons. The number of aromatic nitrogens is 6. The molecule has 10 nitrogen and oxygen atoms in total. The number of aryl methyl sites for hydroxylation is 1. The maximum absolute atomic E-state index is 15.4. The summed E-state index contributed by atoms with van der Waals surface area (Å²) in [7, 11) is 0. The zero-order valence-electron chi connectivity index (χ0n) is 27.5. The molecule has 4 aromatic heterocycles. The Bertz CT molecular complexity index is 2450. The van der Waals surface area contributed by atoms with E-state index in [1.165, 1.54) is 24.3 Å². The van der Waals surface area contributed by atoms with Crippen LogP contribution in [0.5, 0.6) is 0 Å². The smallest absolute Gasteiger partial charge is 0.347 e. The topological polar surface area (TPSA) is 130 Å². The third kappa shape index (κ3) is 6.09. The number of nitrogens with zero attached hydrogens (tertiary/aromatic N) is 5. The number of fused-ring (bicyclic) bond motifs is 4. The predicted molar refractivity (Wildman–Crippen MR) is 173 cm³/mol. The van der Waals surface area contributed by atoms with Gasteiger partial charge in [0, 0.05) is 28.5 Å². The van der Waals surface area contributed by atoms with Crippen LogP contribution in [0.3, 0.4) is 0 Å². The second kappa shape index (κ2) is 12.4. The van der Waals surface area contributed by atoms with Crippen LogP contribution >= 0.6 is 0 Å². The van der Waals surface area contributed by atoms with Gasteiger partial charge >= 0.3 is 11.6 Å². The van der Waals surface area contributed by atoms with Gasteiger partial charge in [-0.3, -0.25) is 9.48 Å². The summed E-state index contributed by atoms with van der Waals surface area (Å²) < 4.78 is 89.5. The molecule has 0 aliphatic heterocycles. The average Bonchev–Trinajstić information content (AvgIpc) is 3.63. The summed E-state index contributed by atoms with van der Waals surface area (Å²) in [5.74, 6) is 1.09. The second-order valence-corrected chi connectivity index (χ2v) is 13.1. The highest BCUT2D eigenvalue weighted by Gasteiger charge is 2.60. The van der Waals surface area contributed by atoms with Gasteiger partial charge in [-0.1, -0.05) is 17.8 Å². The van der Waals surface area contributed by atoms with Crippen molar-refractivity contribution in [2.24, 2.45) is 5.92 Å². The van der Waals surface area contributed by atoms with E-state index in [9.17, 15) is 32.3 Å². The maximum Gasteiger partial charge on any atom is 0.347 e. The summed E-state index contributed by atoms with van der Waals surface area (Å²) in [4.78, 5) is 31.1. The van der Waals surface area contributed by atoms with Gasteiger partial charge in [0.2, 0.25) is 5.91 Å². The third-order valence-corrected chi connectivity index (χ3v) is 8.82. The highest BCUT2D eigenvalue weighted by Crippen LogP contribution is 2.57. The molecule has 52 heavy (non-hydrogen) atoms. The lowest BCUT2D eigenvalue weighted by molar-refractivity contribution is -0.123. The summed E-state index contributed by atoms with van der Waals surface area (Å²) in [6.07, 6.45) is -3.52. The number of hydrogen-bond donors (Lipinski definition) is 3. The monoisotopic (exact) mass is 719 g/mol. The van der Waals surface area contributed by atoms with E-state index in [0.717, 1.165) is 12.1 Å². The van der Waals surface area contributed by atoms with Crippen LogP contribution < -0.4 is 11.0 Å². The Morgan fingerprint density at radius 3 is 2.46 bits per heavy atom. The first-order chi connectivity index (χ1) is 24.5. The second-order valence-electron chi connectivity index (χ2n) is 13.1. The molecule has 0 bridgehead atoms. The number of amides is 1. The number of nitrogens with one attached hydrogen (secondary N) is 2. The van der Waals surface area contributed by atoms with Crippen molar-refractivity contribution in [1.82, 2.24) is 34.7 Å². The van der Waals surface area contributed by atoms with Gasteiger partial charge in [0.25, 0.3) is 6.43 Å². The van der Waals surface area contributed by atoms with Crippen molar-refractivity contribution in [2.45, 2.75) is 63.6 Å². The Morgan fingerprint density at radius 2 is 1.81 bits per heavy atom. The average molecular weight is 720 g/mol. The molecular weight excluding hydrogens is 692 g/mol. The van der Waals surface area contributed by atoms with Gasteiger partial charge in [-0.25, -0.2) is 36.8 Å². The number of benzene rings is 1. The zero-order chi connectivity index (χ0) is 37.3. The fraction of sp³-hybridized carbons (Fsp3) is 0.306. The van der Waals surface area contributed by atoms with E-state index in [-0.39, 0.29) is 23.4 Å². The minimum Gasteiger partial charge on any atom is -0.378 e. The molecule has 3 N–H and O–H groups in total. The Hall–Kier alpha value is -5.87. The normalized spacial score (nSPS) is 17.4. The van der Waals surface area contributed by atoms with Crippen LogP contribution in [0.25, 0.3) is 16.8 Å². The number of halogens is 6. The fourth-order valence-corrected chi connectivity index (χ4v) is 6.60. The molecule has 7 rings (SSSR count). The first-order valence-corrected chi connectivity index (χ1v) is 15.9. The lowest BCUT2D eigenvalue weighted by Crippen LogP contribution is -2.36. The van der Waals surface area contributed by atoms with Crippen molar-refractivity contribution in [3.05, 3.63) is 104 Å². The summed E-state index contributed by atoms with van der Waals surface area (Å²) in [5.41, 5.74) is -2.34. The van der Waals surface area contributed by atoms with Crippen LogP contribution in [-0.2, 0) is 23.7 Å². The summed E-state index contributed by atoms with van der Waals surface area (Å²) >= 11 is 0. The molecule has 1 aromatic carbocycles. The Balaban J connectivity index is 1.35. The van der Waals surface area contributed by atoms with Crippen LogP contribution in [0.4, 0.5) is 26.3 Å². The van der Waals surface area contributed by atoms with Gasteiger partial charge in [-0.15, -0.1) is 0 Å². The molecular formula is C36H27F6N7O3. The van der Waals surface area contributed by atoms with E-state index >= 15 is 8.78 Å². The van der Waals surface area contributed by atoms with E-state index in [1.807, 2.05) is 0 Å². The van der Waals surface area contributed by atoms with Crippen molar-refractivity contribution in [1.29, 1.82) is 0 Å². The highest BCUT2D eigenvalue weighted by molar-refractivity contribution is 5.78. The Kier molecular flexibility index (Phi) is 8.26. The minimum absolute atomic E-state index is 0.0713. The van der Waals surface area contributed by atoms with E-state index in [1.54, 1.807) is 25.1 Å². The first kappa shape index (κ1) is 34.6. The maximum atomic E-state index is 15.4. The van der Waals surface area contributed by atoms with E-state index in [2.05, 4.69) is 49.3 Å². The molecule has 4 heterocycles. The van der Waals surface area contributed by atoms with Crippen LogP contribution in [0.1, 0.15) is 71.8 Å². The zero-order valence-corrected chi connectivity index (χ0v) is 27.5. The molecule has 1 amide bonds. The molecule has 2 aliphatic rings. The summed E-state index contributed by atoms with van der Waals surface area (Å²) in [5, 5.41) is 22.9. The number of H-pyrrole nitrogens is 1. The third-order valence-electron chi connectivity index (χ3n) is 8.82. The van der Waals surface area contributed by atoms with Crippen LogP contribution in [-0.4, -0.2) is 46.0 Å². The van der Waals surface area contributed by atoms with Gasteiger partial charge in [0.05, 0.1) is 17.7 Å². The molecule has 16 heteroatoms. The fourth-order valence-electron chi connectivity index (χ4n) is 6.60. The number of carbonyl (C=O) groups excluding carboxylic acids is 1. The highest BCUT2D eigenvalue weighted by atomic mass is 19.3.